The smallest absolute Gasteiger partial charge is 0.270 e. The number of nitro benzene ring substituents is 1. The third kappa shape index (κ3) is 3.66. The summed E-state index contributed by atoms with van der Waals surface area (Å²) in [5.41, 5.74) is 0.388. The molecule has 1 N–H and O–H groups in total. The molecule has 0 unspecified atom stereocenters. The van der Waals surface area contributed by atoms with Crippen molar-refractivity contribution in [3.8, 4) is 5.75 Å². The van der Waals surface area contributed by atoms with Crippen LogP contribution in [-0.2, 0) is 4.79 Å². The zero-order chi connectivity index (χ0) is 20.5. The highest BCUT2D eigenvalue weighted by Crippen LogP contribution is 2.38. The second-order valence-corrected chi connectivity index (χ2v) is 7.17. The van der Waals surface area contributed by atoms with Crippen LogP contribution in [0.3, 0.4) is 0 Å². The van der Waals surface area contributed by atoms with Crippen molar-refractivity contribution in [1.29, 1.82) is 0 Å². The van der Waals surface area contributed by atoms with E-state index >= 15 is 0 Å². The lowest BCUT2D eigenvalue weighted by Crippen LogP contribution is -2.42. The van der Waals surface area contributed by atoms with E-state index in [2.05, 4.69) is 5.32 Å². The highest BCUT2D eigenvalue weighted by Gasteiger charge is 2.37. The molecule has 0 spiro atoms. The summed E-state index contributed by atoms with van der Waals surface area (Å²) in [6, 6.07) is 10.5. The molecule has 1 heterocycles. The Morgan fingerprint density at radius 3 is 2.71 bits per heavy atom. The molecule has 1 aliphatic heterocycles. The van der Waals surface area contributed by atoms with Gasteiger partial charge in [-0.05, 0) is 45.0 Å². The predicted molar refractivity (Wildman–Crippen MR) is 105 cm³/mol. The Morgan fingerprint density at radius 2 is 2.04 bits per heavy atom. The average molecular weight is 383 g/mol. The van der Waals surface area contributed by atoms with Gasteiger partial charge in [0, 0.05) is 29.9 Å². The van der Waals surface area contributed by atoms with Gasteiger partial charge >= 0.3 is 0 Å². The van der Waals surface area contributed by atoms with E-state index in [-0.39, 0.29) is 23.8 Å². The molecule has 3 rings (SSSR count). The minimum Gasteiger partial charge on any atom is -0.490 e. The first-order valence-electron chi connectivity index (χ1n) is 8.87. The minimum atomic E-state index is -0.665. The number of nitrogens with zero attached hydrogens (tertiary/aromatic N) is 2. The lowest BCUT2D eigenvalue weighted by Gasteiger charge is -2.27. The van der Waals surface area contributed by atoms with Gasteiger partial charge in [0.2, 0.25) is 5.91 Å². The molecule has 0 bridgehead atoms. The van der Waals surface area contributed by atoms with Crippen LogP contribution in [0.2, 0.25) is 0 Å². The summed E-state index contributed by atoms with van der Waals surface area (Å²) < 4.78 is 5.80. The zero-order valence-corrected chi connectivity index (χ0v) is 15.9. The maximum atomic E-state index is 12.8. The summed E-state index contributed by atoms with van der Waals surface area (Å²) in [5, 5.41) is 13.6. The van der Waals surface area contributed by atoms with Gasteiger partial charge in [0.05, 0.1) is 16.0 Å². The number of fused-ring (bicyclic) bond motifs is 1. The number of amides is 2. The Bertz CT molecular complexity index is 955. The van der Waals surface area contributed by atoms with Gasteiger partial charge in [0.15, 0.2) is 0 Å². The van der Waals surface area contributed by atoms with E-state index in [1.54, 1.807) is 23.1 Å². The molecule has 28 heavy (non-hydrogen) atoms. The second-order valence-electron chi connectivity index (χ2n) is 7.17. The molecule has 8 heteroatoms. The van der Waals surface area contributed by atoms with Crippen LogP contribution in [-0.4, -0.2) is 29.9 Å². The molecule has 146 valence electrons. The number of nitrogens with one attached hydrogen (secondary N) is 1. The molecule has 0 atom stereocenters. The van der Waals surface area contributed by atoms with Crippen LogP contribution >= 0.6 is 0 Å². The Hall–Kier alpha value is -3.42. The van der Waals surface area contributed by atoms with Crippen LogP contribution in [0.4, 0.5) is 17.1 Å². The van der Waals surface area contributed by atoms with Gasteiger partial charge in [-0.2, -0.15) is 0 Å². The molecule has 8 nitrogen and oxygen atoms in total. The fourth-order valence-electron chi connectivity index (χ4n) is 3.00. The largest absolute Gasteiger partial charge is 0.490 e. The van der Waals surface area contributed by atoms with Crippen molar-refractivity contribution in [3.05, 3.63) is 58.1 Å². The third-order valence-corrected chi connectivity index (χ3v) is 4.56. The molecule has 2 amide bonds. The van der Waals surface area contributed by atoms with E-state index in [9.17, 15) is 19.7 Å². The van der Waals surface area contributed by atoms with Crippen molar-refractivity contribution in [2.45, 2.75) is 20.8 Å². The van der Waals surface area contributed by atoms with Crippen molar-refractivity contribution in [3.63, 3.8) is 0 Å². The third-order valence-electron chi connectivity index (χ3n) is 4.56. The molecule has 0 saturated carbocycles. The highest BCUT2D eigenvalue weighted by atomic mass is 16.6. The molecular formula is C20H21N3O5. The van der Waals surface area contributed by atoms with Crippen molar-refractivity contribution in [2.24, 2.45) is 5.41 Å². The van der Waals surface area contributed by atoms with Gasteiger partial charge in [-0.3, -0.25) is 19.7 Å². The number of benzene rings is 2. The normalized spacial score (nSPS) is 15.2. The molecule has 0 fully saturated rings. The Labute approximate surface area is 162 Å². The number of carbonyl (C=O) groups is 2. The van der Waals surface area contributed by atoms with E-state index in [0.29, 0.717) is 23.7 Å². The number of carbonyl (C=O) groups excluding carboxylic acids is 2. The number of ether oxygens (including phenoxy) is 1. The zero-order valence-electron chi connectivity index (χ0n) is 15.9. The quantitative estimate of drug-likeness (QED) is 0.642. The van der Waals surface area contributed by atoms with Gasteiger partial charge in [-0.15, -0.1) is 0 Å². The Kier molecular flexibility index (Phi) is 5.04. The second kappa shape index (κ2) is 7.30. The van der Waals surface area contributed by atoms with Gasteiger partial charge in [0.25, 0.3) is 11.6 Å². The van der Waals surface area contributed by atoms with Crippen LogP contribution in [0.15, 0.2) is 42.5 Å². The fraction of sp³-hybridized carbons (Fsp3) is 0.300. The maximum absolute atomic E-state index is 12.8. The minimum absolute atomic E-state index is 0.0593. The molecule has 0 aliphatic carbocycles. The highest BCUT2D eigenvalue weighted by molar-refractivity contribution is 6.05. The SMILES string of the molecule is CCN1C(=O)C(C)(C)COc2ccc(NC(=O)c3cccc([N+](=O)[O-])c3)cc21. The lowest BCUT2D eigenvalue weighted by atomic mass is 9.93. The van der Waals surface area contributed by atoms with Crippen LogP contribution in [0.5, 0.6) is 5.75 Å². The molecular weight excluding hydrogens is 362 g/mol. The van der Waals surface area contributed by atoms with E-state index < -0.39 is 16.2 Å². The molecule has 0 aromatic heterocycles. The van der Waals surface area contributed by atoms with E-state index in [4.69, 9.17) is 4.74 Å². The van der Waals surface area contributed by atoms with Gasteiger partial charge in [0.1, 0.15) is 12.4 Å². The molecule has 2 aromatic carbocycles. The average Bonchev–Trinajstić information content (AvgIpc) is 2.76. The molecule has 2 aromatic rings. The monoisotopic (exact) mass is 383 g/mol. The van der Waals surface area contributed by atoms with Crippen molar-refractivity contribution >= 4 is 28.9 Å². The summed E-state index contributed by atoms with van der Waals surface area (Å²) in [7, 11) is 0. The number of hydrogen-bond donors (Lipinski definition) is 1. The van der Waals surface area contributed by atoms with E-state index in [1.165, 1.54) is 24.3 Å². The van der Waals surface area contributed by atoms with Crippen molar-refractivity contribution in [1.82, 2.24) is 0 Å². The molecule has 0 saturated heterocycles. The summed E-state index contributed by atoms with van der Waals surface area (Å²) in [6.07, 6.45) is 0. The standard InChI is InChI=1S/C20H21N3O5/c1-4-22-16-11-14(8-9-17(16)28-12-20(2,3)19(22)25)21-18(24)13-6-5-7-15(10-13)23(26)27/h5-11H,4,12H2,1-3H3,(H,21,24). The molecule has 0 radical (unpaired) electrons. The summed E-state index contributed by atoms with van der Waals surface area (Å²) in [5.74, 6) is 0.0259. The number of hydrogen-bond acceptors (Lipinski definition) is 5. The van der Waals surface area contributed by atoms with Crippen LogP contribution in [0.1, 0.15) is 31.1 Å². The summed E-state index contributed by atoms with van der Waals surface area (Å²) in [6.45, 7) is 6.25. The van der Waals surface area contributed by atoms with Gasteiger partial charge in [-0.1, -0.05) is 6.07 Å². The Morgan fingerprint density at radius 1 is 1.29 bits per heavy atom. The van der Waals surface area contributed by atoms with Crippen molar-refractivity contribution in [2.75, 3.05) is 23.4 Å². The number of anilines is 2. The topological polar surface area (TPSA) is 102 Å². The first-order valence-corrected chi connectivity index (χ1v) is 8.87. The van der Waals surface area contributed by atoms with Crippen LogP contribution in [0.25, 0.3) is 0 Å². The van der Waals surface area contributed by atoms with E-state index in [0.717, 1.165) is 0 Å². The first-order chi connectivity index (χ1) is 13.2. The van der Waals surface area contributed by atoms with Crippen LogP contribution < -0.4 is 15.0 Å². The van der Waals surface area contributed by atoms with E-state index in [1.807, 2.05) is 20.8 Å². The van der Waals surface area contributed by atoms with Gasteiger partial charge < -0.3 is 15.0 Å². The fourth-order valence-corrected chi connectivity index (χ4v) is 3.00. The summed E-state index contributed by atoms with van der Waals surface area (Å²) >= 11 is 0. The van der Waals surface area contributed by atoms with Crippen molar-refractivity contribution < 1.29 is 19.2 Å². The summed E-state index contributed by atoms with van der Waals surface area (Å²) in [4.78, 5) is 37.3. The lowest BCUT2D eigenvalue weighted by molar-refractivity contribution is -0.384. The Balaban J connectivity index is 1.90. The maximum Gasteiger partial charge on any atom is 0.270 e. The predicted octanol–water partition coefficient (Wildman–Crippen LogP) is 3.62. The first kappa shape index (κ1) is 19.3. The van der Waals surface area contributed by atoms with Gasteiger partial charge in [-0.25, -0.2) is 0 Å². The van der Waals surface area contributed by atoms with Crippen LogP contribution in [0, 0.1) is 15.5 Å². The number of rotatable bonds is 4. The number of non-ortho nitro benzene ring substituents is 1. The number of nitro groups is 1. The molecule has 1 aliphatic rings.